The first-order valence-electron chi connectivity index (χ1n) is 5.52. The number of hydrogen-bond donors (Lipinski definition) is 2. The quantitative estimate of drug-likeness (QED) is 0.885. The molecule has 102 valence electrons. The largest absolute Gasteiger partial charge is 0.496 e. The van der Waals surface area contributed by atoms with Crippen molar-refractivity contribution in [1.29, 1.82) is 0 Å². The zero-order chi connectivity index (χ0) is 14.2. The Labute approximate surface area is 111 Å². The lowest BCUT2D eigenvalue weighted by Crippen LogP contribution is -2.02. The van der Waals surface area contributed by atoms with Crippen molar-refractivity contribution in [1.82, 2.24) is 10.2 Å². The molecule has 0 aliphatic rings. The Hall–Kier alpha value is -2.02. The molecule has 0 amide bonds. The highest BCUT2D eigenvalue weighted by Gasteiger charge is 2.19. The van der Waals surface area contributed by atoms with Crippen LogP contribution in [0, 0.1) is 6.92 Å². The molecule has 0 aliphatic heterocycles. The molecule has 0 radical (unpaired) electrons. The fourth-order valence-electron chi connectivity index (χ4n) is 1.91. The van der Waals surface area contributed by atoms with Gasteiger partial charge >= 0.3 is 0 Å². The molecular formula is C12H15N3O3S. The van der Waals surface area contributed by atoms with Crippen LogP contribution in [0.4, 0.5) is 5.82 Å². The summed E-state index contributed by atoms with van der Waals surface area (Å²) < 4.78 is 29.0. The molecule has 0 aliphatic carbocycles. The Morgan fingerprint density at radius 1 is 1.32 bits per heavy atom. The molecule has 0 atom stereocenters. The van der Waals surface area contributed by atoms with Crippen LogP contribution in [0.5, 0.6) is 5.75 Å². The monoisotopic (exact) mass is 281 g/mol. The first-order chi connectivity index (χ1) is 8.84. The van der Waals surface area contributed by atoms with Crippen molar-refractivity contribution in [2.45, 2.75) is 11.8 Å². The van der Waals surface area contributed by atoms with Gasteiger partial charge in [0.05, 0.1) is 18.2 Å². The van der Waals surface area contributed by atoms with E-state index in [1.807, 2.05) is 0 Å². The lowest BCUT2D eigenvalue weighted by molar-refractivity contribution is 0.411. The summed E-state index contributed by atoms with van der Waals surface area (Å²) in [7, 11) is -1.84. The number of aromatic nitrogens is 2. The Morgan fingerprint density at radius 3 is 2.47 bits per heavy atom. The molecule has 3 N–H and O–H groups in total. The third kappa shape index (κ3) is 2.41. The number of benzene rings is 1. The molecule has 2 aromatic rings. The van der Waals surface area contributed by atoms with E-state index in [0.29, 0.717) is 22.7 Å². The van der Waals surface area contributed by atoms with Gasteiger partial charge in [-0.15, -0.1) is 0 Å². The van der Waals surface area contributed by atoms with E-state index < -0.39 is 9.84 Å². The number of ether oxygens (including phenoxy) is 1. The molecule has 0 fully saturated rings. The molecule has 1 aromatic carbocycles. The van der Waals surface area contributed by atoms with Crippen LogP contribution >= 0.6 is 0 Å². The van der Waals surface area contributed by atoms with E-state index in [9.17, 15) is 8.42 Å². The fourth-order valence-corrected chi connectivity index (χ4v) is 2.87. The van der Waals surface area contributed by atoms with Crippen molar-refractivity contribution in [2.24, 2.45) is 0 Å². The van der Waals surface area contributed by atoms with Crippen LogP contribution in [0.3, 0.4) is 0 Å². The third-order valence-corrected chi connectivity index (χ3v) is 3.99. The molecular weight excluding hydrogens is 266 g/mol. The Morgan fingerprint density at radius 2 is 2.00 bits per heavy atom. The van der Waals surface area contributed by atoms with Crippen LogP contribution in [0.25, 0.3) is 11.1 Å². The Bertz CT molecular complexity index is 720. The molecule has 1 aromatic heterocycles. The summed E-state index contributed by atoms with van der Waals surface area (Å²) in [6.45, 7) is 1.79. The Balaban J connectivity index is 2.81. The van der Waals surface area contributed by atoms with Gasteiger partial charge in [0.1, 0.15) is 11.6 Å². The topological polar surface area (TPSA) is 98.1 Å². The van der Waals surface area contributed by atoms with Crippen molar-refractivity contribution < 1.29 is 13.2 Å². The van der Waals surface area contributed by atoms with Crippen LogP contribution < -0.4 is 10.5 Å². The van der Waals surface area contributed by atoms with E-state index in [4.69, 9.17) is 10.5 Å². The average Bonchev–Trinajstić information content (AvgIpc) is 2.74. The number of nitrogens with one attached hydrogen (secondary N) is 1. The summed E-state index contributed by atoms with van der Waals surface area (Å²) in [5.41, 5.74) is 7.53. The number of nitrogens with two attached hydrogens (primary N) is 1. The average molecular weight is 281 g/mol. The second-order valence-electron chi connectivity index (χ2n) is 4.29. The van der Waals surface area contributed by atoms with Crippen molar-refractivity contribution in [3.05, 3.63) is 23.9 Å². The second-order valence-corrected chi connectivity index (χ2v) is 6.27. The maximum Gasteiger partial charge on any atom is 0.176 e. The molecule has 2 rings (SSSR count). The molecule has 7 heteroatoms. The van der Waals surface area contributed by atoms with E-state index in [0.717, 1.165) is 11.8 Å². The van der Waals surface area contributed by atoms with E-state index in [1.165, 1.54) is 13.3 Å². The van der Waals surface area contributed by atoms with Crippen LogP contribution in [0.2, 0.25) is 0 Å². The van der Waals surface area contributed by atoms with Gasteiger partial charge in [0.25, 0.3) is 0 Å². The predicted molar refractivity (Wildman–Crippen MR) is 72.8 cm³/mol. The number of aromatic amines is 1. The van der Waals surface area contributed by atoms with E-state index in [1.54, 1.807) is 19.1 Å². The van der Waals surface area contributed by atoms with Crippen LogP contribution in [-0.2, 0) is 9.84 Å². The minimum Gasteiger partial charge on any atom is -0.496 e. The smallest absolute Gasteiger partial charge is 0.176 e. The van der Waals surface area contributed by atoms with E-state index in [-0.39, 0.29) is 4.90 Å². The van der Waals surface area contributed by atoms with Crippen molar-refractivity contribution >= 4 is 15.7 Å². The minimum atomic E-state index is -3.38. The number of nitrogen functional groups attached to an aromatic ring is 1. The van der Waals surface area contributed by atoms with Crippen LogP contribution in [-0.4, -0.2) is 32.0 Å². The molecule has 0 bridgehead atoms. The molecule has 0 saturated carbocycles. The number of methoxy groups -OCH3 is 1. The molecule has 0 unspecified atom stereocenters. The zero-order valence-corrected chi connectivity index (χ0v) is 11.7. The van der Waals surface area contributed by atoms with Crippen LogP contribution in [0.15, 0.2) is 23.2 Å². The van der Waals surface area contributed by atoms with Gasteiger partial charge in [-0.25, -0.2) is 8.42 Å². The summed E-state index contributed by atoms with van der Waals surface area (Å²) in [6.07, 6.45) is 2.65. The third-order valence-electron chi connectivity index (χ3n) is 2.86. The number of hydrogen-bond acceptors (Lipinski definition) is 5. The number of aryl methyl sites for hydroxylation is 1. The lowest BCUT2D eigenvalue weighted by atomic mass is 10.1. The van der Waals surface area contributed by atoms with Gasteiger partial charge in [0.15, 0.2) is 9.84 Å². The predicted octanol–water partition coefficient (Wildman–Crippen LogP) is 1.38. The van der Waals surface area contributed by atoms with Gasteiger partial charge in [0, 0.05) is 17.4 Å². The number of H-pyrrole nitrogens is 1. The molecule has 19 heavy (non-hydrogen) atoms. The summed E-state index contributed by atoms with van der Waals surface area (Å²) in [4.78, 5) is 0.207. The zero-order valence-electron chi connectivity index (χ0n) is 10.9. The standard InChI is InChI=1S/C12H15N3O3S/c1-7-4-11(19(3,16)17)8(5-10(7)18-2)9-6-14-15-12(9)13/h4-6H,1-3H3,(H3,13,14,15). The maximum atomic E-state index is 11.9. The van der Waals surface area contributed by atoms with Crippen molar-refractivity contribution in [3.8, 4) is 16.9 Å². The van der Waals surface area contributed by atoms with Crippen molar-refractivity contribution in [2.75, 3.05) is 19.1 Å². The second kappa shape index (κ2) is 4.58. The molecule has 1 heterocycles. The number of nitrogens with zero attached hydrogens (tertiary/aromatic N) is 1. The highest BCUT2D eigenvalue weighted by Crippen LogP contribution is 2.35. The summed E-state index contributed by atoms with van der Waals surface area (Å²) in [5, 5.41) is 6.40. The van der Waals surface area contributed by atoms with Gasteiger partial charge in [0.2, 0.25) is 0 Å². The summed E-state index contributed by atoms with van der Waals surface area (Å²) >= 11 is 0. The molecule has 6 nitrogen and oxygen atoms in total. The summed E-state index contributed by atoms with van der Waals surface area (Å²) in [6, 6.07) is 3.24. The lowest BCUT2D eigenvalue weighted by Gasteiger charge is -2.12. The highest BCUT2D eigenvalue weighted by molar-refractivity contribution is 7.90. The van der Waals surface area contributed by atoms with Crippen molar-refractivity contribution in [3.63, 3.8) is 0 Å². The minimum absolute atomic E-state index is 0.207. The van der Waals surface area contributed by atoms with E-state index >= 15 is 0 Å². The Kier molecular flexibility index (Phi) is 3.23. The first-order valence-corrected chi connectivity index (χ1v) is 7.41. The van der Waals surface area contributed by atoms with Gasteiger partial charge < -0.3 is 10.5 Å². The number of sulfone groups is 1. The highest BCUT2D eigenvalue weighted by atomic mass is 32.2. The SMILES string of the molecule is COc1cc(-c2cn[nH]c2N)c(S(C)(=O)=O)cc1C. The maximum absolute atomic E-state index is 11.9. The van der Waals surface area contributed by atoms with Gasteiger partial charge in [-0.05, 0) is 24.6 Å². The number of anilines is 1. The summed E-state index contributed by atoms with van der Waals surface area (Å²) in [5.74, 6) is 0.916. The van der Waals surface area contributed by atoms with Crippen LogP contribution in [0.1, 0.15) is 5.56 Å². The van der Waals surface area contributed by atoms with Gasteiger partial charge in [-0.2, -0.15) is 5.10 Å². The van der Waals surface area contributed by atoms with E-state index in [2.05, 4.69) is 10.2 Å². The van der Waals surface area contributed by atoms with Gasteiger partial charge in [-0.3, -0.25) is 5.10 Å². The first kappa shape index (κ1) is 13.4. The molecule has 0 spiro atoms. The molecule has 0 saturated heterocycles. The number of rotatable bonds is 3. The normalized spacial score (nSPS) is 11.5. The van der Waals surface area contributed by atoms with Gasteiger partial charge in [-0.1, -0.05) is 0 Å². The fraction of sp³-hybridized carbons (Fsp3) is 0.250.